The molecule has 0 aromatic heterocycles. The molecule has 1 aliphatic heterocycles. The van der Waals surface area contributed by atoms with Crippen LogP contribution in [0.4, 0.5) is 0 Å². The number of nitrogens with two attached hydrogens (primary N) is 1. The maximum absolute atomic E-state index is 11.5. The second-order valence-corrected chi connectivity index (χ2v) is 6.05. The normalized spacial score (nSPS) is 28.1. The lowest BCUT2D eigenvalue weighted by Gasteiger charge is -2.47. The van der Waals surface area contributed by atoms with E-state index in [9.17, 15) is 8.42 Å². The van der Waals surface area contributed by atoms with Crippen LogP contribution in [-0.4, -0.2) is 37.9 Å². The number of hydrogen-bond acceptors (Lipinski definition) is 3. The molecule has 0 atom stereocenters. The standard InChI is InChI=1S/C9H19N3O2S/c10-15(13,14)12-7-6-11-8-9(12)4-2-1-3-5-9/h11H,1-8H2,(H2,10,13,14). The fourth-order valence-electron chi connectivity index (χ4n) is 2.86. The van der Waals surface area contributed by atoms with Crippen molar-refractivity contribution in [1.82, 2.24) is 9.62 Å². The monoisotopic (exact) mass is 233 g/mol. The third kappa shape index (κ3) is 2.18. The summed E-state index contributed by atoms with van der Waals surface area (Å²) in [6.45, 7) is 1.97. The van der Waals surface area contributed by atoms with E-state index in [1.165, 1.54) is 10.7 Å². The molecule has 1 aliphatic carbocycles. The van der Waals surface area contributed by atoms with E-state index in [0.29, 0.717) is 13.1 Å². The summed E-state index contributed by atoms with van der Waals surface area (Å²) < 4.78 is 24.6. The summed E-state index contributed by atoms with van der Waals surface area (Å²) in [6, 6.07) is 0. The molecule has 3 N–H and O–H groups in total. The highest BCUT2D eigenvalue weighted by atomic mass is 32.2. The Bertz CT molecular complexity index is 314. The second kappa shape index (κ2) is 4.01. The summed E-state index contributed by atoms with van der Waals surface area (Å²) in [7, 11) is -3.54. The van der Waals surface area contributed by atoms with Gasteiger partial charge in [0.05, 0.1) is 0 Å². The van der Waals surface area contributed by atoms with Crippen molar-refractivity contribution in [3.63, 3.8) is 0 Å². The Morgan fingerprint density at radius 1 is 1.20 bits per heavy atom. The molecule has 0 unspecified atom stereocenters. The SMILES string of the molecule is NS(=O)(=O)N1CCNCC12CCCCC2. The van der Waals surface area contributed by atoms with Gasteiger partial charge in [0.2, 0.25) is 0 Å². The van der Waals surface area contributed by atoms with Gasteiger partial charge < -0.3 is 5.32 Å². The molecule has 1 heterocycles. The molecule has 2 rings (SSSR count). The van der Waals surface area contributed by atoms with Gasteiger partial charge in [-0.25, -0.2) is 5.14 Å². The van der Waals surface area contributed by atoms with E-state index in [1.807, 2.05) is 0 Å². The lowest BCUT2D eigenvalue weighted by molar-refractivity contribution is 0.101. The number of hydrogen-bond donors (Lipinski definition) is 2. The predicted octanol–water partition coefficient (Wildman–Crippen LogP) is -0.202. The minimum absolute atomic E-state index is 0.232. The van der Waals surface area contributed by atoms with Gasteiger partial charge in [-0.1, -0.05) is 19.3 Å². The minimum atomic E-state index is -3.54. The maximum atomic E-state index is 11.5. The molecular weight excluding hydrogens is 214 g/mol. The smallest absolute Gasteiger partial charge is 0.277 e. The van der Waals surface area contributed by atoms with Gasteiger partial charge in [0, 0.05) is 25.2 Å². The van der Waals surface area contributed by atoms with Gasteiger partial charge in [-0.2, -0.15) is 12.7 Å². The summed E-state index contributed by atoms with van der Waals surface area (Å²) >= 11 is 0. The maximum Gasteiger partial charge on any atom is 0.277 e. The fourth-order valence-corrected chi connectivity index (χ4v) is 3.99. The number of piperazine rings is 1. The molecule has 1 spiro atoms. The molecule has 1 saturated carbocycles. The van der Waals surface area contributed by atoms with E-state index in [2.05, 4.69) is 5.32 Å². The van der Waals surface area contributed by atoms with Gasteiger partial charge in [-0.3, -0.25) is 0 Å². The van der Waals surface area contributed by atoms with Gasteiger partial charge in [-0.15, -0.1) is 0 Å². The van der Waals surface area contributed by atoms with E-state index in [0.717, 1.165) is 32.2 Å². The van der Waals surface area contributed by atoms with Crippen LogP contribution in [0.1, 0.15) is 32.1 Å². The van der Waals surface area contributed by atoms with Gasteiger partial charge in [0.15, 0.2) is 0 Å². The van der Waals surface area contributed by atoms with Crippen LogP contribution in [0.3, 0.4) is 0 Å². The zero-order valence-corrected chi connectivity index (χ0v) is 9.72. The van der Waals surface area contributed by atoms with Crippen molar-refractivity contribution in [1.29, 1.82) is 0 Å². The first kappa shape index (κ1) is 11.3. The lowest BCUT2D eigenvalue weighted by Crippen LogP contribution is -2.64. The molecule has 88 valence electrons. The topological polar surface area (TPSA) is 75.4 Å². The van der Waals surface area contributed by atoms with Crippen LogP contribution in [0.25, 0.3) is 0 Å². The van der Waals surface area contributed by atoms with Crippen LogP contribution in [0, 0.1) is 0 Å². The Balaban J connectivity index is 2.25. The summed E-state index contributed by atoms with van der Waals surface area (Å²) in [5.41, 5.74) is -0.232. The second-order valence-electron chi connectivity index (χ2n) is 4.58. The minimum Gasteiger partial charge on any atom is -0.314 e. The van der Waals surface area contributed by atoms with Crippen molar-refractivity contribution >= 4 is 10.2 Å². The largest absolute Gasteiger partial charge is 0.314 e. The van der Waals surface area contributed by atoms with Crippen LogP contribution in [0.2, 0.25) is 0 Å². The van der Waals surface area contributed by atoms with Crippen LogP contribution < -0.4 is 10.5 Å². The van der Waals surface area contributed by atoms with Crippen molar-refractivity contribution < 1.29 is 8.42 Å². The third-order valence-corrected chi connectivity index (χ3v) is 4.75. The van der Waals surface area contributed by atoms with Crippen LogP contribution >= 0.6 is 0 Å². The van der Waals surface area contributed by atoms with Crippen LogP contribution in [0.15, 0.2) is 0 Å². The van der Waals surface area contributed by atoms with Gasteiger partial charge >= 0.3 is 0 Å². The van der Waals surface area contributed by atoms with Crippen molar-refractivity contribution in [2.45, 2.75) is 37.6 Å². The summed E-state index contributed by atoms with van der Waals surface area (Å²) in [6.07, 6.45) is 5.30. The zero-order chi connectivity index (χ0) is 10.9. The quantitative estimate of drug-likeness (QED) is 0.658. The Morgan fingerprint density at radius 3 is 2.47 bits per heavy atom. The first-order chi connectivity index (χ1) is 7.05. The zero-order valence-electron chi connectivity index (χ0n) is 8.91. The van der Waals surface area contributed by atoms with Crippen LogP contribution in [0.5, 0.6) is 0 Å². The molecule has 5 nitrogen and oxygen atoms in total. The molecule has 1 saturated heterocycles. The third-order valence-electron chi connectivity index (χ3n) is 3.57. The highest BCUT2D eigenvalue weighted by Crippen LogP contribution is 2.35. The number of nitrogens with one attached hydrogen (secondary N) is 1. The molecule has 0 amide bonds. The van der Waals surface area contributed by atoms with Gasteiger partial charge in [-0.05, 0) is 12.8 Å². The van der Waals surface area contributed by atoms with Crippen molar-refractivity contribution in [3.05, 3.63) is 0 Å². The van der Waals surface area contributed by atoms with Gasteiger partial charge in [0.25, 0.3) is 10.2 Å². The number of nitrogens with zero attached hydrogens (tertiary/aromatic N) is 1. The average Bonchev–Trinajstić information content (AvgIpc) is 2.18. The summed E-state index contributed by atoms with van der Waals surface area (Å²) in [4.78, 5) is 0. The van der Waals surface area contributed by atoms with Crippen LogP contribution in [-0.2, 0) is 10.2 Å². The molecule has 0 radical (unpaired) electrons. The average molecular weight is 233 g/mol. The highest BCUT2D eigenvalue weighted by molar-refractivity contribution is 7.86. The molecule has 2 aliphatic rings. The van der Waals surface area contributed by atoms with E-state index in [1.54, 1.807) is 0 Å². The van der Waals surface area contributed by atoms with Gasteiger partial charge in [0.1, 0.15) is 0 Å². The highest BCUT2D eigenvalue weighted by Gasteiger charge is 2.44. The molecule has 0 aromatic carbocycles. The lowest BCUT2D eigenvalue weighted by atomic mass is 9.80. The Hall–Kier alpha value is -0.170. The van der Waals surface area contributed by atoms with E-state index >= 15 is 0 Å². The first-order valence-electron chi connectivity index (χ1n) is 5.56. The summed E-state index contributed by atoms with van der Waals surface area (Å²) in [5.74, 6) is 0. The predicted molar refractivity (Wildman–Crippen MR) is 58.5 cm³/mol. The molecule has 0 aromatic rings. The Morgan fingerprint density at radius 2 is 1.87 bits per heavy atom. The van der Waals surface area contributed by atoms with E-state index < -0.39 is 10.2 Å². The Labute approximate surface area is 91.2 Å². The van der Waals surface area contributed by atoms with Crippen molar-refractivity contribution in [2.75, 3.05) is 19.6 Å². The summed E-state index contributed by atoms with van der Waals surface area (Å²) in [5, 5.41) is 8.57. The molecule has 2 fully saturated rings. The molecular formula is C9H19N3O2S. The van der Waals surface area contributed by atoms with E-state index in [4.69, 9.17) is 5.14 Å². The fraction of sp³-hybridized carbons (Fsp3) is 1.00. The Kier molecular flexibility index (Phi) is 3.03. The molecule has 0 bridgehead atoms. The van der Waals surface area contributed by atoms with E-state index in [-0.39, 0.29) is 5.54 Å². The number of rotatable bonds is 1. The molecule has 15 heavy (non-hydrogen) atoms. The van der Waals surface area contributed by atoms with Crippen molar-refractivity contribution in [3.8, 4) is 0 Å². The molecule has 6 heteroatoms. The first-order valence-corrected chi connectivity index (χ1v) is 7.06. The van der Waals surface area contributed by atoms with Crippen molar-refractivity contribution in [2.24, 2.45) is 5.14 Å².